The highest BCUT2D eigenvalue weighted by Crippen LogP contribution is 2.36. The van der Waals surface area contributed by atoms with Gasteiger partial charge in [-0.15, -0.1) is 11.6 Å². The van der Waals surface area contributed by atoms with E-state index in [-0.39, 0.29) is 18.0 Å². The van der Waals surface area contributed by atoms with E-state index in [0.717, 1.165) is 10.0 Å². The SMILES string of the molecule is Cc1nc2ccc(Br)cc2c(=O)n1NCC(=O)NN1C(=O)C(Cl)C1c1ccccc1. The third-order valence-electron chi connectivity index (χ3n) is 4.81. The molecule has 0 saturated carbocycles. The van der Waals surface area contributed by atoms with Crippen LogP contribution in [-0.4, -0.2) is 38.4 Å². The minimum absolute atomic E-state index is 0.236. The monoisotopic (exact) mass is 489 g/mol. The number of hydrogen-bond acceptors (Lipinski definition) is 5. The summed E-state index contributed by atoms with van der Waals surface area (Å²) in [6.07, 6.45) is 0. The van der Waals surface area contributed by atoms with Crippen LogP contribution in [-0.2, 0) is 9.59 Å². The molecule has 3 aromatic rings. The summed E-state index contributed by atoms with van der Waals surface area (Å²) in [5.74, 6) is -0.469. The maximum Gasteiger partial charge on any atom is 0.279 e. The molecule has 2 aromatic carbocycles. The molecule has 154 valence electrons. The van der Waals surface area contributed by atoms with E-state index in [9.17, 15) is 14.4 Å². The van der Waals surface area contributed by atoms with Gasteiger partial charge in [0, 0.05) is 4.47 Å². The Balaban J connectivity index is 1.48. The molecule has 0 radical (unpaired) electrons. The van der Waals surface area contributed by atoms with Crippen LogP contribution in [0.5, 0.6) is 0 Å². The lowest BCUT2D eigenvalue weighted by atomic mass is 9.95. The Morgan fingerprint density at radius 3 is 2.67 bits per heavy atom. The summed E-state index contributed by atoms with van der Waals surface area (Å²) in [6, 6.07) is 14.0. The Hall–Kier alpha value is -2.91. The van der Waals surface area contributed by atoms with Gasteiger partial charge in [0.25, 0.3) is 17.4 Å². The Morgan fingerprint density at radius 2 is 1.93 bits per heavy atom. The third-order valence-corrected chi connectivity index (χ3v) is 5.73. The molecule has 2 heterocycles. The lowest BCUT2D eigenvalue weighted by Gasteiger charge is -2.43. The van der Waals surface area contributed by atoms with E-state index in [1.54, 1.807) is 25.1 Å². The van der Waals surface area contributed by atoms with Crippen molar-refractivity contribution < 1.29 is 9.59 Å². The van der Waals surface area contributed by atoms with Crippen LogP contribution in [0.2, 0.25) is 0 Å². The summed E-state index contributed by atoms with van der Waals surface area (Å²) in [6.45, 7) is 1.43. The first-order valence-electron chi connectivity index (χ1n) is 9.11. The van der Waals surface area contributed by atoms with E-state index in [1.807, 2.05) is 30.3 Å². The number of halogens is 2. The molecule has 0 spiro atoms. The molecule has 1 aliphatic heterocycles. The smallest absolute Gasteiger partial charge is 0.279 e. The Morgan fingerprint density at radius 1 is 1.20 bits per heavy atom. The van der Waals surface area contributed by atoms with Crippen LogP contribution in [0.1, 0.15) is 17.4 Å². The number of fused-ring (bicyclic) bond motifs is 1. The highest BCUT2D eigenvalue weighted by molar-refractivity contribution is 9.10. The van der Waals surface area contributed by atoms with Crippen molar-refractivity contribution in [1.29, 1.82) is 0 Å². The maximum absolute atomic E-state index is 12.8. The van der Waals surface area contributed by atoms with Gasteiger partial charge in [0.1, 0.15) is 23.8 Å². The summed E-state index contributed by atoms with van der Waals surface area (Å²) in [4.78, 5) is 41.7. The van der Waals surface area contributed by atoms with E-state index in [0.29, 0.717) is 16.7 Å². The van der Waals surface area contributed by atoms with Gasteiger partial charge in [-0.25, -0.2) is 14.7 Å². The van der Waals surface area contributed by atoms with Crippen LogP contribution >= 0.6 is 27.5 Å². The van der Waals surface area contributed by atoms with Crippen molar-refractivity contribution in [2.45, 2.75) is 18.3 Å². The average Bonchev–Trinajstić information content (AvgIpc) is 2.74. The molecule has 1 saturated heterocycles. The van der Waals surface area contributed by atoms with Gasteiger partial charge in [-0.2, -0.15) is 0 Å². The van der Waals surface area contributed by atoms with Crippen molar-refractivity contribution in [3.05, 3.63) is 74.7 Å². The number of hydrogen-bond donors (Lipinski definition) is 2. The number of rotatable bonds is 5. The summed E-state index contributed by atoms with van der Waals surface area (Å²) >= 11 is 9.49. The summed E-state index contributed by atoms with van der Waals surface area (Å²) in [7, 11) is 0. The number of aromatic nitrogens is 2. The quantitative estimate of drug-likeness (QED) is 0.422. The normalized spacial score (nSPS) is 18.2. The van der Waals surface area contributed by atoms with Crippen LogP contribution in [0.3, 0.4) is 0 Å². The molecular weight excluding hydrogens is 474 g/mol. The molecule has 2 amide bonds. The van der Waals surface area contributed by atoms with Crippen molar-refractivity contribution >= 4 is 50.2 Å². The molecule has 2 N–H and O–H groups in total. The molecule has 0 bridgehead atoms. The fourth-order valence-electron chi connectivity index (χ4n) is 3.33. The number of β-lactam (4-membered cyclic amide) rings is 1. The summed E-state index contributed by atoms with van der Waals surface area (Å²) in [5.41, 5.74) is 6.39. The molecule has 8 nitrogen and oxygen atoms in total. The maximum atomic E-state index is 12.8. The summed E-state index contributed by atoms with van der Waals surface area (Å²) in [5, 5.41) is 0.881. The zero-order valence-corrected chi connectivity index (χ0v) is 18.1. The second-order valence-electron chi connectivity index (χ2n) is 6.80. The minimum atomic E-state index is -0.742. The van der Waals surface area contributed by atoms with Crippen LogP contribution in [0.4, 0.5) is 0 Å². The van der Waals surface area contributed by atoms with Crippen molar-refractivity contribution in [1.82, 2.24) is 20.1 Å². The topological polar surface area (TPSA) is 96.3 Å². The zero-order chi connectivity index (χ0) is 21.4. The Bertz CT molecular complexity index is 1200. The molecule has 4 rings (SSSR count). The molecule has 1 aromatic heterocycles. The number of benzene rings is 2. The molecular formula is C20H17BrClN5O3. The number of nitrogens with one attached hydrogen (secondary N) is 2. The second kappa shape index (κ2) is 8.08. The van der Waals surface area contributed by atoms with Crippen molar-refractivity contribution in [2.24, 2.45) is 0 Å². The van der Waals surface area contributed by atoms with Gasteiger partial charge in [0.05, 0.1) is 10.9 Å². The predicted molar refractivity (Wildman–Crippen MR) is 116 cm³/mol. The number of carbonyl (C=O) groups is 2. The third kappa shape index (κ3) is 3.66. The number of amides is 2. The van der Waals surface area contributed by atoms with Crippen molar-refractivity contribution in [3.8, 4) is 0 Å². The van der Waals surface area contributed by atoms with E-state index in [1.165, 1.54) is 9.69 Å². The summed E-state index contributed by atoms with van der Waals surface area (Å²) < 4.78 is 1.96. The predicted octanol–water partition coefficient (Wildman–Crippen LogP) is 2.23. The highest BCUT2D eigenvalue weighted by atomic mass is 79.9. The number of hydrazine groups is 1. The Labute approximate surface area is 184 Å². The van der Waals surface area contributed by atoms with Crippen LogP contribution in [0.15, 0.2) is 57.8 Å². The van der Waals surface area contributed by atoms with Crippen LogP contribution < -0.4 is 16.4 Å². The van der Waals surface area contributed by atoms with Gasteiger partial charge in [0.15, 0.2) is 0 Å². The fourth-order valence-corrected chi connectivity index (χ4v) is 4.05. The van der Waals surface area contributed by atoms with Gasteiger partial charge >= 0.3 is 0 Å². The first-order chi connectivity index (χ1) is 14.4. The van der Waals surface area contributed by atoms with E-state index in [4.69, 9.17) is 11.6 Å². The zero-order valence-electron chi connectivity index (χ0n) is 15.8. The van der Waals surface area contributed by atoms with Crippen molar-refractivity contribution in [3.63, 3.8) is 0 Å². The van der Waals surface area contributed by atoms with Gasteiger partial charge in [0.2, 0.25) is 0 Å². The lowest BCUT2D eigenvalue weighted by molar-refractivity contribution is -0.156. The first kappa shape index (κ1) is 20.4. The van der Waals surface area contributed by atoms with E-state index in [2.05, 4.69) is 31.8 Å². The number of alkyl halides is 1. The Kier molecular flexibility index (Phi) is 5.48. The van der Waals surface area contributed by atoms with E-state index < -0.39 is 17.3 Å². The second-order valence-corrected chi connectivity index (χ2v) is 8.18. The molecule has 30 heavy (non-hydrogen) atoms. The highest BCUT2D eigenvalue weighted by Gasteiger charge is 2.48. The average molecular weight is 491 g/mol. The molecule has 1 aliphatic rings. The molecule has 0 aliphatic carbocycles. The lowest BCUT2D eigenvalue weighted by Crippen LogP contribution is -2.64. The largest absolute Gasteiger partial charge is 0.312 e. The minimum Gasteiger partial charge on any atom is -0.312 e. The molecule has 2 atom stereocenters. The number of carbonyl (C=O) groups excluding carboxylic acids is 2. The van der Waals surface area contributed by atoms with Gasteiger partial charge in [-0.05, 0) is 30.7 Å². The standard InChI is InChI=1S/C20H17BrClN5O3/c1-11-24-15-8-7-13(21)9-14(15)19(29)26(11)23-10-16(28)25-27-18(17(22)20(27)30)12-5-3-2-4-6-12/h2-9,17-18,23H,10H2,1H3,(H,25,28). The van der Waals surface area contributed by atoms with Crippen LogP contribution in [0, 0.1) is 6.92 Å². The van der Waals surface area contributed by atoms with Crippen molar-refractivity contribution in [2.75, 3.05) is 12.0 Å². The fraction of sp³-hybridized carbons (Fsp3) is 0.200. The molecule has 10 heteroatoms. The number of aryl methyl sites for hydroxylation is 1. The van der Waals surface area contributed by atoms with Gasteiger partial charge in [-0.1, -0.05) is 46.3 Å². The number of nitrogens with zero attached hydrogens (tertiary/aromatic N) is 3. The molecule has 1 fully saturated rings. The van der Waals surface area contributed by atoms with Gasteiger partial charge in [-0.3, -0.25) is 19.8 Å². The molecule has 2 unspecified atom stereocenters. The van der Waals surface area contributed by atoms with Crippen LogP contribution in [0.25, 0.3) is 10.9 Å². The van der Waals surface area contributed by atoms with E-state index >= 15 is 0 Å². The van der Waals surface area contributed by atoms with Gasteiger partial charge < -0.3 is 5.43 Å². The first-order valence-corrected chi connectivity index (χ1v) is 10.3.